The summed E-state index contributed by atoms with van der Waals surface area (Å²) in [5.74, 6) is -1.85. The second kappa shape index (κ2) is 32.2. The highest BCUT2D eigenvalue weighted by Gasteiger charge is 2.21. The monoisotopic (exact) mass is 565 g/mol. The van der Waals surface area contributed by atoms with E-state index in [1.54, 1.807) is 0 Å². The van der Waals surface area contributed by atoms with Crippen LogP contribution in [0.1, 0.15) is 194 Å². The maximum absolute atomic E-state index is 11.7. The lowest BCUT2D eigenvalue weighted by Crippen LogP contribution is -2.19. The van der Waals surface area contributed by atoms with Gasteiger partial charge < -0.3 is 9.84 Å². The Balaban J connectivity index is 3.31. The minimum atomic E-state index is -0.874. The molecule has 0 heterocycles. The summed E-state index contributed by atoms with van der Waals surface area (Å²) in [6.07, 6.45) is 39.5. The molecule has 0 aromatic carbocycles. The molecule has 4 nitrogen and oxygen atoms in total. The van der Waals surface area contributed by atoms with Crippen molar-refractivity contribution in [3.05, 3.63) is 12.2 Å². The molecule has 0 aliphatic rings. The number of allylic oxidation sites excluding steroid dienone is 2. The van der Waals surface area contributed by atoms with E-state index in [-0.39, 0.29) is 12.4 Å². The zero-order valence-electron chi connectivity index (χ0n) is 26.9. The van der Waals surface area contributed by atoms with Gasteiger partial charge in [-0.2, -0.15) is 0 Å². The highest BCUT2D eigenvalue weighted by molar-refractivity contribution is 5.78. The summed E-state index contributed by atoms with van der Waals surface area (Å²) < 4.78 is 5.03. The summed E-state index contributed by atoms with van der Waals surface area (Å²) in [7, 11) is 0. The van der Waals surface area contributed by atoms with Crippen LogP contribution in [0.5, 0.6) is 0 Å². The lowest BCUT2D eigenvalue weighted by Gasteiger charge is -2.11. The molecule has 0 aromatic rings. The van der Waals surface area contributed by atoms with Gasteiger partial charge in [-0.25, -0.2) is 0 Å². The van der Waals surface area contributed by atoms with Gasteiger partial charge in [0.05, 0.1) is 18.9 Å². The first-order valence-corrected chi connectivity index (χ1v) is 17.6. The second-order valence-electron chi connectivity index (χ2n) is 12.1. The van der Waals surface area contributed by atoms with E-state index >= 15 is 0 Å². The summed E-state index contributed by atoms with van der Waals surface area (Å²) in [6.45, 7) is 4.60. The molecule has 4 heteroatoms. The number of carbonyl (C=O) groups is 2. The van der Waals surface area contributed by atoms with E-state index in [2.05, 4.69) is 19.1 Å². The van der Waals surface area contributed by atoms with Gasteiger partial charge in [0, 0.05) is 0 Å². The van der Waals surface area contributed by atoms with E-state index < -0.39 is 11.9 Å². The molecule has 0 saturated heterocycles. The molecule has 0 rings (SSSR count). The van der Waals surface area contributed by atoms with Crippen LogP contribution >= 0.6 is 0 Å². The fourth-order valence-electron chi connectivity index (χ4n) is 5.37. The Labute approximate surface area is 249 Å². The zero-order chi connectivity index (χ0) is 29.4. The lowest BCUT2D eigenvalue weighted by molar-refractivity contribution is -0.151. The van der Waals surface area contributed by atoms with Crippen molar-refractivity contribution in [3.8, 4) is 0 Å². The van der Waals surface area contributed by atoms with Crippen LogP contribution in [0.3, 0.4) is 0 Å². The molecule has 1 unspecified atom stereocenters. The van der Waals surface area contributed by atoms with Crippen LogP contribution in [0.4, 0.5) is 0 Å². The van der Waals surface area contributed by atoms with Gasteiger partial charge in [-0.15, -0.1) is 0 Å². The topological polar surface area (TPSA) is 63.6 Å². The van der Waals surface area contributed by atoms with Crippen molar-refractivity contribution in [2.75, 3.05) is 6.61 Å². The largest absolute Gasteiger partial charge is 0.481 e. The Hall–Kier alpha value is -1.32. The highest BCUT2D eigenvalue weighted by Crippen LogP contribution is 2.18. The summed E-state index contributed by atoms with van der Waals surface area (Å²) in [5, 5.41) is 9.33. The third kappa shape index (κ3) is 29.7. The van der Waals surface area contributed by atoms with Gasteiger partial charge in [0.25, 0.3) is 0 Å². The first-order valence-electron chi connectivity index (χ1n) is 17.6. The average molecular weight is 565 g/mol. The molecule has 0 fully saturated rings. The van der Waals surface area contributed by atoms with Gasteiger partial charge in [-0.1, -0.05) is 161 Å². The number of unbranched alkanes of at least 4 members (excludes halogenated alkanes) is 23. The minimum Gasteiger partial charge on any atom is -0.481 e. The molecule has 0 spiro atoms. The molecule has 236 valence electrons. The maximum Gasteiger partial charge on any atom is 0.307 e. The van der Waals surface area contributed by atoms with E-state index in [1.807, 2.05) is 6.92 Å². The predicted octanol–water partition coefficient (Wildman–Crippen LogP) is 11.7. The van der Waals surface area contributed by atoms with E-state index in [9.17, 15) is 14.7 Å². The Morgan fingerprint density at radius 2 is 0.925 bits per heavy atom. The molecule has 0 bridgehead atoms. The Morgan fingerprint density at radius 3 is 1.30 bits per heavy atom. The van der Waals surface area contributed by atoms with Gasteiger partial charge in [-0.05, 0) is 38.5 Å². The van der Waals surface area contributed by atoms with Crippen LogP contribution in [0, 0.1) is 5.92 Å². The SMILES string of the molecule is CCCCCCCCCC/C=C/CCCCCCCCCCCCCCCCCC(CC(=O)OCCC)C(=O)O. The van der Waals surface area contributed by atoms with Crippen LogP contribution in [0.25, 0.3) is 0 Å². The van der Waals surface area contributed by atoms with Crippen molar-refractivity contribution in [2.45, 2.75) is 194 Å². The van der Waals surface area contributed by atoms with Crippen molar-refractivity contribution >= 4 is 11.9 Å². The van der Waals surface area contributed by atoms with Gasteiger partial charge in [-0.3, -0.25) is 9.59 Å². The van der Waals surface area contributed by atoms with Crippen LogP contribution in [0.15, 0.2) is 12.2 Å². The van der Waals surface area contributed by atoms with E-state index in [1.165, 1.54) is 148 Å². The average Bonchev–Trinajstić information content (AvgIpc) is 2.94. The first-order chi connectivity index (χ1) is 19.6. The van der Waals surface area contributed by atoms with Crippen LogP contribution in [-0.4, -0.2) is 23.7 Å². The number of rotatable bonds is 32. The molecule has 1 atom stereocenters. The van der Waals surface area contributed by atoms with Gasteiger partial charge in [0.15, 0.2) is 0 Å². The first kappa shape index (κ1) is 38.7. The summed E-state index contributed by atoms with van der Waals surface area (Å²) >= 11 is 0. The van der Waals surface area contributed by atoms with Crippen LogP contribution in [0.2, 0.25) is 0 Å². The number of hydrogen-bond donors (Lipinski definition) is 1. The molecule has 0 saturated carbocycles. The predicted molar refractivity (Wildman–Crippen MR) is 172 cm³/mol. The molecule has 0 radical (unpaired) electrons. The number of carboxylic acids is 1. The van der Waals surface area contributed by atoms with E-state index in [0.717, 1.165) is 19.3 Å². The number of ether oxygens (including phenoxy) is 1. The van der Waals surface area contributed by atoms with Gasteiger partial charge in [0.2, 0.25) is 0 Å². The normalized spacial score (nSPS) is 12.2. The number of aliphatic carboxylic acids is 1. The molecule has 0 aliphatic carbocycles. The van der Waals surface area contributed by atoms with Crippen molar-refractivity contribution in [1.29, 1.82) is 0 Å². The van der Waals surface area contributed by atoms with E-state index in [0.29, 0.717) is 13.0 Å². The fraction of sp³-hybridized carbons (Fsp3) is 0.889. The van der Waals surface area contributed by atoms with Gasteiger partial charge in [0.1, 0.15) is 0 Å². The van der Waals surface area contributed by atoms with Crippen molar-refractivity contribution < 1.29 is 19.4 Å². The van der Waals surface area contributed by atoms with Crippen molar-refractivity contribution in [1.82, 2.24) is 0 Å². The number of hydrogen-bond acceptors (Lipinski definition) is 3. The third-order valence-corrected chi connectivity index (χ3v) is 8.04. The number of carbonyl (C=O) groups excluding carboxylic acids is 1. The third-order valence-electron chi connectivity index (χ3n) is 8.04. The Kier molecular flexibility index (Phi) is 31.1. The summed E-state index contributed by atoms with van der Waals surface area (Å²) in [6, 6.07) is 0. The smallest absolute Gasteiger partial charge is 0.307 e. The molecule has 40 heavy (non-hydrogen) atoms. The molecule has 0 aliphatic heterocycles. The van der Waals surface area contributed by atoms with Gasteiger partial charge >= 0.3 is 11.9 Å². The molecule has 0 amide bonds. The molecular weight excluding hydrogens is 496 g/mol. The fourth-order valence-corrected chi connectivity index (χ4v) is 5.37. The zero-order valence-corrected chi connectivity index (χ0v) is 26.9. The Morgan fingerprint density at radius 1 is 0.550 bits per heavy atom. The van der Waals surface area contributed by atoms with Crippen LogP contribution in [-0.2, 0) is 14.3 Å². The van der Waals surface area contributed by atoms with E-state index in [4.69, 9.17) is 4.74 Å². The van der Waals surface area contributed by atoms with Crippen LogP contribution < -0.4 is 0 Å². The minimum absolute atomic E-state index is 0.00636. The molecule has 0 aromatic heterocycles. The molecular formula is C36H68O4. The molecule has 1 N–H and O–H groups in total. The van der Waals surface area contributed by atoms with Crippen molar-refractivity contribution in [3.63, 3.8) is 0 Å². The summed E-state index contributed by atoms with van der Waals surface area (Å²) in [5.41, 5.74) is 0. The maximum atomic E-state index is 11.7. The number of esters is 1. The Bertz CT molecular complexity index is 571. The number of carboxylic acid groups (broad SMARTS) is 1. The standard InChI is InChI=1S/C36H68O4/c1-3-5-6-7-8-9-10-11-12-13-14-15-16-17-18-19-20-21-22-23-24-25-26-27-28-29-30-31-34(36(38)39)33-35(37)40-32-4-2/h13-14,34H,3-12,15-33H2,1-2H3,(H,38,39)/b14-13+. The van der Waals surface area contributed by atoms with Crippen molar-refractivity contribution in [2.24, 2.45) is 5.92 Å². The second-order valence-corrected chi connectivity index (χ2v) is 12.1. The lowest BCUT2D eigenvalue weighted by atomic mass is 9.97. The highest BCUT2D eigenvalue weighted by atomic mass is 16.5. The quantitative estimate of drug-likeness (QED) is 0.0501. The summed E-state index contributed by atoms with van der Waals surface area (Å²) in [4.78, 5) is 23.1.